The molecule has 4 rings (SSSR count). The standard InChI is InChI=1S/C23H22BrN3O4S/c1-30-20-10-9-16(12-17(20)24)18-14-32-22(25-18)26-21(28)19-8-5-11-27(19)23(29)31-13-15-6-3-2-4-7-15/h2-4,6-7,9-10,12,14,19H,5,8,11,13H2,1H3,(H,25,26,28)/t19-/m1/s1. The summed E-state index contributed by atoms with van der Waals surface area (Å²) in [6, 6.07) is 14.6. The van der Waals surface area contributed by atoms with Gasteiger partial charge in [0.25, 0.3) is 0 Å². The van der Waals surface area contributed by atoms with Crippen molar-refractivity contribution in [3.05, 3.63) is 63.9 Å². The number of methoxy groups -OCH3 is 1. The maximum absolute atomic E-state index is 12.9. The molecule has 32 heavy (non-hydrogen) atoms. The zero-order valence-electron chi connectivity index (χ0n) is 17.4. The Kier molecular flexibility index (Phi) is 7.06. The third kappa shape index (κ3) is 5.11. The number of hydrogen-bond acceptors (Lipinski definition) is 6. The van der Waals surface area contributed by atoms with Gasteiger partial charge >= 0.3 is 6.09 Å². The summed E-state index contributed by atoms with van der Waals surface area (Å²) in [7, 11) is 1.61. The van der Waals surface area contributed by atoms with E-state index in [4.69, 9.17) is 9.47 Å². The van der Waals surface area contributed by atoms with Crippen molar-refractivity contribution >= 4 is 44.4 Å². The van der Waals surface area contributed by atoms with Gasteiger partial charge in [-0.1, -0.05) is 30.3 Å². The van der Waals surface area contributed by atoms with Crippen LogP contribution in [0.2, 0.25) is 0 Å². The summed E-state index contributed by atoms with van der Waals surface area (Å²) in [4.78, 5) is 31.4. The molecule has 7 nitrogen and oxygen atoms in total. The molecule has 1 aliphatic rings. The van der Waals surface area contributed by atoms with Crippen LogP contribution in [0, 0.1) is 0 Å². The van der Waals surface area contributed by atoms with E-state index in [2.05, 4.69) is 26.2 Å². The zero-order chi connectivity index (χ0) is 22.5. The van der Waals surface area contributed by atoms with Crippen molar-refractivity contribution in [2.75, 3.05) is 19.0 Å². The van der Waals surface area contributed by atoms with Crippen molar-refractivity contribution in [1.29, 1.82) is 0 Å². The number of halogens is 1. The van der Waals surface area contributed by atoms with Crippen LogP contribution >= 0.6 is 27.3 Å². The van der Waals surface area contributed by atoms with Crippen molar-refractivity contribution in [2.45, 2.75) is 25.5 Å². The molecule has 0 radical (unpaired) electrons. The highest BCUT2D eigenvalue weighted by molar-refractivity contribution is 9.10. The molecule has 0 bridgehead atoms. The van der Waals surface area contributed by atoms with E-state index in [-0.39, 0.29) is 12.5 Å². The normalized spacial score (nSPS) is 15.4. The van der Waals surface area contributed by atoms with Crippen molar-refractivity contribution in [1.82, 2.24) is 9.88 Å². The molecule has 2 aromatic carbocycles. The number of aromatic nitrogens is 1. The Balaban J connectivity index is 1.38. The molecule has 1 aromatic heterocycles. The van der Waals surface area contributed by atoms with Gasteiger partial charge in [-0.05, 0) is 52.5 Å². The monoisotopic (exact) mass is 515 g/mol. The first-order chi connectivity index (χ1) is 15.5. The first-order valence-corrected chi connectivity index (χ1v) is 11.8. The molecule has 0 spiro atoms. The topological polar surface area (TPSA) is 80.8 Å². The fourth-order valence-corrected chi connectivity index (χ4v) is 4.80. The average Bonchev–Trinajstić information content (AvgIpc) is 3.48. The van der Waals surface area contributed by atoms with Gasteiger partial charge in [0.2, 0.25) is 5.91 Å². The Bertz CT molecular complexity index is 1110. The van der Waals surface area contributed by atoms with E-state index in [0.29, 0.717) is 18.1 Å². The largest absolute Gasteiger partial charge is 0.496 e. The van der Waals surface area contributed by atoms with E-state index >= 15 is 0 Å². The Hall–Kier alpha value is -2.91. The van der Waals surface area contributed by atoms with Gasteiger partial charge in [0.15, 0.2) is 5.13 Å². The molecule has 2 amide bonds. The Morgan fingerprint density at radius 3 is 2.81 bits per heavy atom. The molecule has 1 aliphatic heterocycles. The van der Waals surface area contributed by atoms with E-state index in [1.54, 1.807) is 7.11 Å². The second-order valence-corrected chi connectivity index (χ2v) is 8.98. The summed E-state index contributed by atoms with van der Waals surface area (Å²) in [6.07, 6.45) is 0.867. The van der Waals surface area contributed by atoms with Gasteiger partial charge in [-0.3, -0.25) is 9.69 Å². The maximum Gasteiger partial charge on any atom is 0.410 e. The lowest BCUT2D eigenvalue weighted by Gasteiger charge is -2.22. The van der Waals surface area contributed by atoms with Crippen LogP contribution < -0.4 is 10.1 Å². The summed E-state index contributed by atoms with van der Waals surface area (Å²) < 4.78 is 11.5. The average molecular weight is 516 g/mol. The summed E-state index contributed by atoms with van der Waals surface area (Å²) in [5.41, 5.74) is 2.56. The Labute approximate surface area is 198 Å². The van der Waals surface area contributed by atoms with Crippen molar-refractivity contribution in [3.63, 3.8) is 0 Å². The number of ether oxygens (including phenoxy) is 2. The molecule has 1 saturated heterocycles. The lowest BCUT2D eigenvalue weighted by Crippen LogP contribution is -2.43. The van der Waals surface area contributed by atoms with Gasteiger partial charge in [-0.15, -0.1) is 11.3 Å². The second-order valence-electron chi connectivity index (χ2n) is 7.27. The molecule has 0 saturated carbocycles. The van der Waals surface area contributed by atoms with Crippen molar-refractivity contribution in [3.8, 4) is 17.0 Å². The van der Waals surface area contributed by atoms with E-state index in [9.17, 15) is 9.59 Å². The van der Waals surface area contributed by atoms with Crippen molar-refractivity contribution in [2.24, 2.45) is 0 Å². The second kappa shape index (κ2) is 10.1. The number of carbonyl (C=O) groups excluding carboxylic acids is 2. The summed E-state index contributed by atoms with van der Waals surface area (Å²) in [5.74, 6) is 0.481. The fraction of sp³-hybridized carbons (Fsp3) is 0.261. The molecular formula is C23H22BrN3O4S. The number of thiazole rings is 1. The van der Waals surface area contributed by atoms with Crippen LogP contribution in [0.1, 0.15) is 18.4 Å². The third-order valence-corrected chi connectivity index (χ3v) is 6.55. The van der Waals surface area contributed by atoms with Gasteiger partial charge in [0, 0.05) is 17.5 Å². The number of benzene rings is 2. The van der Waals surface area contributed by atoms with Crippen LogP contribution in [0.25, 0.3) is 11.3 Å². The summed E-state index contributed by atoms with van der Waals surface area (Å²) in [5, 5.41) is 5.22. The molecule has 166 valence electrons. The quantitative estimate of drug-likeness (QED) is 0.480. The SMILES string of the molecule is COc1ccc(-c2csc(NC(=O)[C@H]3CCCN3C(=O)OCc3ccccc3)n2)cc1Br. The van der Waals surface area contributed by atoms with Crippen LogP contribution in [0.4, 0.5) is 9.93 Å². The van der Waals surface area contributed by atoms with Crippen LogP contribution in [-0.4, -0.2) is 41.6 Å². The number of likely N-dealkylation sites (tertiary alicyclic amines) is 1. The molecule has 2 heterocycles. The number of anilines is 1. The number of nitrogens with one attached hydrogen (secondary N) is 1. The van der Waals surface area contributed by atoms with E-state index in [1.165, 1.54) is 16.2 Å². The van der Waals surface area contributed by atoms with E-state index in [0.717, 1.165) is 33.5 Å². The summed E-state index contributed by atoms with van der Waals surface area (Å²) >= 11 is 4.82. The molecule has 1 N–H and O–H groups in total. The number of amides is 2. The first-order valence-electron chi connectivity index (χ1n) is 10.1. The van der Waals surface area contributed by atoms with E-state index < -0.39 is 12.1 Å². The minimum Gasteiger partial charge on any atom is -0.496 e. The van der Waals surface area contributed by atoms with Gasteiger partial charge in [-0.25, -0.2) is 9.78 Å². The Morgan fingerprint density at radius 1 is 1.25 bits per heavy atom. The summed E-state index contributed by atoms with van der Waals surface area (Å²) in [6.45, 7) is 0.673. The van der Waals surface area contributed by atoms with Crippen LogP contribution in [0.15, 0.2) is 58.4 Å². The predicted molar refractivity (Wildman–Crippen MR) is 127 cm³/mol. The minimum absolute atomic E-state index is 0.178. The third-order valence-electron chi connectivity index (χ3n) is 5.18. The number of nitrogens with zero attached hydrogens (tertiary/aromatic N) is 2. The highest BCUT2D eigenvalue weighted by Gasteiger charge is 2.35. The lowest BCUT2D eigenvalue weighted by atomic mass is 10.2. The highest BCUT2D eigenvalue weighted by Crippen LogP contribution is 2.32. The van der Waals surface area contributed by atoms with Crippen LogP contribution in [-0.2, 0) is 16.1 Å². The molecule has 1 fully saturated rings. The highest BCUT2D eigenvalue weighted by atomic mass is 79.9. The number of hydrogen-bond donors (Lipinski definition) is 1. The fourth-order valence-electron chi connectivity index (χ4n) is 3.54. The molecular weight excluding hydrogens is 494 g/mol. The van der Waals surface area contributed by atoms with Gasteiger partial charge < -0.3 is 14.8 Å². The van der Waals surface area contributed by atoms with E-state index in [1.807, 2.05) is 53.9 Å². The predicted octanol–water partition coefficient (Wildman–Crippen LogP) is 5.32. The maximum atomic E-state index is 12.9. The lowest BCUT2D eigenvalue weighted by molar-refractivity contribution is -0.120. The van der Waals surface area contributed by atoms with Gasteiger partial charge in [-0.2, -0.15) is 0 Å². The van der Waals surface area contributed by atoms with Crippen molar-refractivity contribution < 1.29 is 19.1 Å². The van der Waals surface area contributed by atoms with Crippen LogP contribution in [0.3, 0.4) is 0 Å². The minimum atomic E-state index is -0.569. The molecule has 0 unspecified atom stereocenters. The smallest absolute Gasteiger partial charge is 0.410 e. The number of carbonyl (C=O) groups is 2. The zero-order valence-corrected chi connectivity index (χ0v) is 19.8. The molecule has 9 heteroatoms. The Morgan fingerprint density at radius 2 is 2.06 bits per heavy atom. The number of rotatable bonds is 6. The van der Waals surface area contributed by atoms with Gasteiger partial charge in [0.05, 0.1) is 17.3 Å². The van der Waals surface area contributed by atoms with Crippen LogP contribution in [0.5, 0.6) is 5.75 Å². The van der Waals surface area contributed by atoms with Gasteiger partial charge in [0.1, 0.15) is 18.4 Å². The first kappa shape index (κ1) is 22.3. The molecule has 3 aromatic rings. The molecule has 0 aliphatic carbocycles. The molecule has 1 atom stereocenters.